The summed E-state index contributed by atoms with van der Waals surface area (Å²) in [4.78, 5) is 10.7. The maximum atomic E-state index is 5.36. The number of benzene rings is 8. The molecular weight excluding hydrogens is 679 g/mol. The first-order valence-corrected chi connectivity index (χ1v) is 19.3. The molecule has 3 nitrogen and oxygen atoms in total. The van der Waals surface area contributed by atoms with Crippen molar-refractivity contribution in [3.63, 3.8) is 0 Å². The molecule has 0 bridgehead atoms. The Morgan fingerprint density at radius 1 is 0.411 bits per heavy atom. The van der Waals surface area contributed by atoms with E-state index in [-0.39, 0.29) is 5.41 Å². The van der Waals surface area contributed by atoms with Gasteiger partial charge in [0.25, 0.3) is 0 Å². The van der Waals surface area contributed by atoms with E-state index in [9.17, 15) is 0 Å². The fourth-order valence-electron chi connectivity index (χ4n) is 9.08. The van der Waals surface area contributed by atoms with E-state index in [1.54, 1.807) is 0 Å². The highest BCUT2D eigenvalue weighted by molar-refractivity contribution is 6.11. The van der Waals surface area contributed by atoms with E-state index >= 15 is 0 Å². The highest BCUT2D eigenvalue weighted by Crippen LogP contribution is 2.53. The summed E-state index contributed by atoms with van der Waals surface area (Å²) in [5.74, 6) is 0.711. The van der Waals surface area contributed by atoms with E-state index < -0.39 is 0 Å². The molecule has 1 aliphatic carbocycles. The summed E-state index contributed by atoms with van der Waals surface area (Å²) < 4.78 is 2.36. The maximum Gasteiger partial charge on any atom is 0.160 e. The predicted octanol–water partition coefficient (Wildman–Crippen LogP) is 13.7. The largest absolute Gasteiger partial charge is 0.309 e. The first-order chi connectivity index (χ1) is 27.5. The fourth-order valence-corrected chi connectivity index (χ4v) is 9.08. The molecule has 10 aromatic rings. The molecule has 0 aliphatic heterocycles. The third-order valence-corrected chi connectivity index (χ3v) is 11.8. The molecule has 3 heteroatoms. The Morgan fingerprint density at radius 2 is 1.04 bits per heavy atom. The molecule has 0 fully saturated rings. The summed E-state index contributed by atoms with van der Waals surface area (Å²) in [6, 6.07) is 67.6. The van der Waals surface area contributed by atoms with Crippen molar-refractivity contribution in [2.45, 2.75) is 19.3 Å². The van der Waals surface area contributed by atoms with Crippen molar-refractivity contribution < 1.29 is 0 Å². The summed E-state index contributed by atoms with van der Waals surface area (Å²) in [6.07, 6.45) is 0. The average Bonchev–Trinajstić information content (AvgIpc) is 3.71. The summed E-state index contributed by atoms with van der Waals surface area (Å²) in [6.45, 7) is 4.70. The topological polar surface area (TPSA) is 30.7 Å². The molecule has 1 aliphatic rings. The lowest BCUT2D eigenvalue weighted by atomic mass is 9.81. The van der Waals surface area contributed by atoms with Crippen LogP contribution in [-0.4, -0.2) is 14.5 Å². The second-order valence-electron chi connectivity index (χ2n) is 15.4. The lowest BCUT2D eigenvalue weighted by molar-refractivity contribution is 0.661. The molecule has 0 spiro atoms. The molecule has 0 amide bonds. The highest BCUT2D eigenvalue weighted by atomic mass is 15.0. The van der Waals surface area contributed by atoms with Crippen LogP contribution in [0.3, 0.4) is 0 Å². The van der Waals surface area contributed by atoms with Crippen LogP contribution in [0.2, 0.25) is 0 Å². The Balaban J connectivity index is 1.12. The molecular formula is C53H37N3. The van der Waals surface area contributed by atoms with Crippen LogP contribution in [0.1, 0.15) is 25.0 Å². The molecule has 0 N–H and O–H groups in total. The number of hydrogen-bond donors (Lipinski definition) is 0. The molecule has 8 aromatic carbocycles. The molecule has 0 radical (unpaired) electrons. The van der Waals surface area contributed by atoms with E-state index in [1.807, 2.05) is 6.07 Å². The van der Waals surface area contributed by atoms with Gasteiger partial charge in [-0.1, -0.05) is 153 Å². The lowest BCUT2D eigenvalue weighted by Crippen LogP contribution is -2.14. The fraction of sp³-hybridized carbons (Fsp3) is 0.0566. The molecule has 11 rings (SSSR count). The van der Waals surface area contributed by atoms with Crippen molar-refractivity contribution in [2.75, 3.05) is 0 Å². The summed E-state index contributed by atoms with van der Waals surface area (Å²) in [5.41, 5.74) is 15.9. The van der Waals surface area contributed by atoms with Gasteiger partial charge in [0.15, 0.2) is 5.82 Å². The van der Waals surface area contributed by atoms with Gasteiger partial charge in [0, 0.05) is 38.6 Å². The Labute approximate surface area is 326 Å². The zero-order valence-electron chi connectivity index (χ0n) is 31.2. The summed E-state index contributed by atoms with van der Waals surface area (Å²) in [5, 5.41) is 4.97. The minimum absolute atomic E-state index is 0.155. The number of aromatic nitrogens is 3. The van der Waals surface area contributed by atoms with E-state index in [1.165, 1.54) is 54.8 Å². The van der Waals surface area contributed by atoms with Crippen molar-refractivity contribution in [3.05, 3.63) is 199 Å². The molecule has 0 unspecified atom stereocenters. The summed E-state index contributed by atoms with van der Waals surface area (Å²) in [7, 11) is 0. The van der Waals surface area contributed by atoms with Crippen molar-refractivity contribution >= 4 is 32.6 Å². The molecule has 2 heterocycles. The number of nitrogens with zero attached hydrogens (tertiary/aromatic N) is 3. The van der Waals surface area contributed by atoms with Gasteiger partial charge in [0.05, 0.1) is 22.4 Å². The van der Waals surface area contributed by atoms with Gasteiger partial charge in [-0.3, -0.25) is 0 Å². The number of fused-ring (bicyclic) bond motifs is 7. The minimum Gasteiger partial charge on any atom is -0.309 e. The van der Waals surface area contributed by atoms with Crippen molar-refractivity contribution in [2.24, 2.45) is 0 Å². The van der Waals surface area contributed by atoms with Gasteiger partial charge in [-0.25, -0.2) is 9.97 Å². The van der Waals surface area contributed by atoms with Crippen molar-refractivity contribution in [1.29, 1.82) is 0 Å². The minimum atomic E-state index is -0.155. The van der Waals surface area contributed by atoms with E-state index in [2.05, 4.69) is 200 Å². The number of hydrogen-bond acceptors (Lipinski definition) is 2. The van der Waals surface area contributed by atoms with Crippen LogP contribution < -0.4 is 0 Å². The normalized spacial score (nSPS) is 13.0. The van der Waals surface area contributed by atoms with Crippen LogP contribution in [-0.2, 0) is 5.41 Å². The molecule has 0 saturated heterocycles. The van der Waals surface area contributed by atoms with E-state index in [0.717, 1.165) is 44.9 Å². The Bertz CT molecular complexity index is 3150. The van der Waals surface area contributed by atoms with Gasteiger partial charge < -0.3 is 4.57 Å². The van der Waals surface area contributed by atoms with Gasteiger partial charge in [0.1, 0.15) is 0 Å². The van der Waals surface area contributed by atoms with Gasteiger partial charge in [0.2, 0.25) is 0 Å². The van der Waals surface area contributed by atoms with Crippen molar-refractivity contribution in [1.82, 2.24) is 14.5 Å². The molecule has 2 aromatic heterocycles. The third kappa shape index (κ3) is 4.98. The highest BCUT2D eigenvalue weighted by Gasteiger charge is 2.37. The Morgan fingerprint density at radius 3 is 1.84 bits per heavy atom. The SMILES string of the molecule is CC1(C)c2cc3ccccc3cc2-c2c(-c3cc(-c4ccccc4-c4ccc5c(c4)c4ccccc4n5-c4ccccc4)nc(-c4ccccc4)n3)cccc21. The van der Waals surface area contributed by atoms with Crippen LogP contribution in [0.15, 0.2) is 188 Å². The third-order valence-electron chi connectivity index (χ3n) is 11.8. The number of rotatable bonds is 5. The quantitative estimate of drug-likeness (QED) is 0.178. The van der Waals surface area contributed by atoms with E-state index in [4.69, 9.17) is 9.97 Å². The Hall–Kier alpha value is -7.10. The van der Waals surface area contributed by atoms with Gasteiger partial charge in [-0.15, -0.1) is 0 Å². The van der Waals surface area contributed by atoms with Gasteiger partial charge in [-0.2, -0.15) is 0 Å². The lowest BCUT2D eigenvalue weighted by Gasteiger charge is -2.22. The van der Waals surface area contributed by atoms with Crippen LogP contribution in [0.5, 0.6) is 0 Å². The van der Waals surface area contributed by atoms with Crippen molar-refractivity contribution in [3.8, 4) is 61.8 Å². The first kappa shape index (κ1) is 32.3. The predicted molar refractivity (Wildman–Crippen MR) is 233 cm³/mol. The average molecular weight is 716 g/mol. The zero-order valence-corrected chi connectivity index (χ0v) is 31.2. The zero-order chi connectivity index (χ0) is 37.4. The smallest absolute Gasteiger partial charge is 0.160 e. The Kier molecular flexibility index (Phi) is 7.20. The van der Waals surface area contributed by atoms with Gasteiger partial charge in [-0.05, 0) is 92.7 Å². The summed E-state index contributed by atoms with van der Waals surface area (Å²) >= 11 is 0. The molecule has 0 saturated carbocycles. The number of para-hydroxylation sites is 2. The standard InChI is InChI=1S/C53H37N3/c1-53(2)45-26-15-25-42(51(45)44-30-35-18-9-10-19-36(35)32-46(44)53)48-33-47(54-52(55-48)34-16-5-3-6-17-34)40-23-12-11-22-39(40)37-28-29-50-43(31-37)41-24-13-14-27-49(41)56(50)38-20-7-4-8-21-38/h3-33H,1-2H3. The maximum absolute atomic E-state index is 5.36. The van der Waals surface area contributed by atoms with Crippen LogP contribution in [0, 0.1) is 0 Å². The van der Waals surface area contributed by atoms with Crippen LogP contribution in [0.25, 0.3) is 94.4 Å². The molecule has 264 valence electrons. The second kappa shape index (κ2) is 12.5. The second-order valence-corrected chi connectivity index (χ2v) is 15.4. The molecule has 0 atom stereocenters. The first-order valence-electron chi connectivity index (χ1n) is 19.3. The monoisotopic (exact) mass is 715 g/mol. The van der Waals surface area contributed by atoms with Crippen LogP contribution >= 0.6 is 0 Å². The van der Waals surface area contributed by atoms with Crippen LogP contribution in [0.4, 0.5) is 0 Å². The molecule has 56 heavy (non-hydrogen) atoms. The van der Waals surface area contributed by atoms with Gasteiger partial charge >= 0.3 is 0 Å². The van der Waals surface area contributed by atoms with E-state index in [0.29, 0.717) is 5.82 Å².